The molecule has 574 valence electrons. The quantitative estimate of drug-likeness (QED) is 0.135. The zero-order valence-electron chi connectivity index (χ0n) is 77.7. The van der Waals surface area contributed by atoms with Gasteiger partial charge in [0.1, 0.15) is 11.6 Å². The second-order valence-electron chi connectivity index (χ2n) is 37.5. The molecule has 0 bridgehead atoms. The maximum Gasteiger partial charge on any atom is 0.252 e. The monoisotopic (exact) mass is 1530 g/mol. The normalized spacial score (nSPS) is 14.1. The molecular weight excluding hydrogens is 1430 g/mol. The zero-order chi connectivity index (χ0) is 88.3. The molecule has 0 unspecified atom stereocenters. The van der Waals surface area contributed by atoms with Gasteiger partial charge in [0.25, 0.3) is 6.71 Å². The summed E-state index contributed by atoms with van der Waals surface area (Å²) in [5.74, 6) is 0. The van der Waals surface area contributed by atoms with E-state index in [2.05, 4.69) is 353 Å². The molecule has 7 heteroatoms. The molecule has 5 heterocycles. The van der Waals surface area contributed by atoms with Crippen LogP contribution in [0.1, 0.15) is 148 Å². The highest BCUT2D eigenvalue weighted by atomic mass is 15.2. The van der Waals surface area contributed by atoms with Crippen molar-refractivity contribution >= 4 is 123 Å². The van der Waals surface area contributed by atoms with Crippen LogP contribution in [0.3, 0.4) is 0 Å². The molecule has 6 nitrogen and oxygen atoms in total. The fourth-order valence-corrected chi connectivity index (χ4v) is 18.5. The Kier molecular flexibility index (Phi) is 14.9. The van der Waals surface area contributed by atoms with Gasteiger partial charge in [0.05, 0.1) is 66.8 Å². The van der Waals surface area contributed by atoms with Gasteiger partial charge in [0.2, 0.25) is 0 Å². The van der Waals surface area contributed by atoms with Gasteiger partial charge in [-0.05, 0) is 214 Å². The molecule has 20 rings (SSSR count). The van der Waals surface area contributed by atoms with Crippen LogP contribution in [0.25, 0.3) is 127 Å². The van der Waals surface area contributed by atoms with Gasteiger partial charge < -0.3 is 23.5 Å². The highest BCUT2D eigenvalue weighted by Crippen LogP contribution is 2.55. The first-order chi connectivity index (χ1) is 60.0. The summed E-state index contributed by atoms with van der Waals surface area (Å²) in [6.07, 6.45) is 0. The average Bonchev–Trinajstić information content (AvgIpc) is 0.840. The molecule has 0 fully saturated rings. The van der Waals surface area contributed by atoms with Gasteiger partial charge in [-0.3, -0.25) is 0 Å². The van der Waals surface area contributed by atoms with Crippen LogP contribution in [0, 0.1) is 11.3 Å². The van der Waals surface area contributed by atoms with Crippen molar-refractivity contribution in [2.45, 2.75) is 131 Å². The minimum Gasteiger partial charge on any atom is -0.310 e. The van der Waals surface area contributed by atoms with Crippen LogP contribution >= 0.6 is 0 Å². The maximum absolute atomic E-state index is 12.8. The molecule has 18 aromatic rings. The van der Waals surface area contributed by atoms with E-state index in [1.165, 1.54) is 22.3 Å². The smallest absolute Gasteiger partial charge is 0.252 e. The highest BCUT2D eigenvalue weighted by molar-refractivity contribution is 7.00. The summed E-state index contributed by atoms with van der Waals surface area (Å²) in [7, 11) is 0. The lowest BCUT2D eigenvalue weighted by molar-refractivity contribution is 0.569. The number of aromatic nitrogens is 3. The fraction of sp³-hybridized carbons (Fsp3) is 0.180. The number of para-hydroxylation sites is 4. The largest absolute Gasteiger partial charge is 0.310 e. The Bertz CT molecular complexity index is 7510. The Morgan fingerprint density at radius 3 is 1.29 bits per heavy atom. The van der Waals surface area contributed by atoms with Gasteiger partial charge in [-0.1, -0.05) is 310 Å². The summed E-state index contributed by atoms with van der Waals surface area (Å²) in [5.41, 5.74) is 26.3. The maximum atomic E-state index is 12.8. The van der Waals surface area contributed by atoms with Gasteiger partial charge in [0.15, 0.2) is 0 Å². The molecule has 118 heavy (non-hydrogen) atoms. The summed E-state index contributed by atoms with van der Waals surface area (Å²) >= 11 is 0. The van der Waals surface area contributed by atoms with Crippen molar-refractivity contribution in [3.8, 4) is 67.6 Å². The molecule has 0 radical (unpaired) electrons. The first-order valence-electron chi connectivity index (χ1n) is 45.2. The first-order valence-corrected chi connectivity index (χ1v) is 41.2. The second kappa shape index (κ2) is 27.0. The van der Waals surface area contributed by atoms with Gasteiger partial charge in [-0.25, -0.2) is 0 Å². The van der Waals surface area contributed by atoms with Crippen molar-refractivity contribution in [3.63, 3.8) is 0 Å². The lowest BCUT2D eigenvalue weighted by Crippen LogP contribution is -2.61. The Morgan fingerprint density at radius 2 is 0.720 bits per heavy atom. The average molecular weight is 1530 g/mol. The summed E-state index contributed by atoms with van der Waals surface area (Å²) in [6.45, 7) is 33.6. The summed E-state index contributed by atoms with van der Waals surface area (Å²) in [6, 6.07) is 96.2. The van der Waals surface area contributed by atoms with Crippen molar-refractivity contribution in [1.82, 2.24) is 13.7 Å². The van der Waals surface area contributed by atoms with Crippen molar-refractivity contribution in [3.05, 3.63) is 349 Å². The minimum absolute atomic E-state index is 0.00917. The number of hydrogen-bond donors (Lipinski definition) is 0. The van der Waals surface area contributed by atoms with Crippen molar-refractivity contribution in [1.29, 1.82) is 5.26 Å². The van der Waals surface area contributed by atoms with Crippen molar-refractivity contribution in [2.75, 3.05) is 9.80 Å². The van der Waals surface area contributed by atoms with Gasteiger partial charge in [-0.15, -0.1) is 0 Å². The van der Waals surface area contributed by atoms with Crippen LogP contribution in [-0.2, 0) is 27.1 Å². The summed E-state index contributed by atoms with van der Waals surface area (Å²) < 4.78 is 82.8. The fourth-order valence-electron chi connectivity index (χ4n) is 18.5. The van der Waals surface area contributed by atoms with Crippen LogP contribution in [0.4, 0.5) is 34.1 Å². The Morgan fingerprint density at radius 1 is 0.280 bits per heavy atom. The Hall–Kier alpha value is -13.1. The van der Waals surface area contributed by atoms with Gasteiger partial charge in [0, 0.05) is 71.9 Å². The molecule has 0 aliphatic carbocycles. The number of hydrogen-bond acceptors (Lipinski definition) is 3. The molecule has 0 N–H and O–H groups in total. The Balaban J connectivity index is 1.01. The van der Waals surface area contributed by atoms with E-state index in [0.29, 0.717) is 28.3 Å². The van der Waals surface area contributed by atoms with E-state index < -0.39 is 55.1 Å². The predicted octanol–water partition coefficient (Wildman–Crippen LogP) is 28.1. The van der Waals surface area contributed by atoms with E-state index >= 15 is 0 Å². The van der Waals surface area contributed by atoms with E-state index in [4.69, 9.17) is 0 Å². The van der Waals surface area contributed by atoms with E-state index in [1.807, 2.05) is 42.5 Å². The minimum atomic E-state index is -0.629. The standard InChI is InChI=1S/C111H97BN6/c1-107(2,3)75-49-54-99-88(61-75)89-62-76(108(4,5)6)50-55-100(89)115(99)81-66-103-105-104(67-81)118(106-86(70-34-20-17-21-35-70)63-79(111(13,14)15)64-87(106)73-37-30-36-71(56-73)69-32-18-16-19-33-69)101-59-72(74-57-77(109(7,8)9)60-78(58-74)110(10,11)12)48-52-91(101)112(105)92-53-51-80(114-93-42-26-22-38-82(93)83-39-23-27-43-94(83)114)65-102(92)117(103)98-47-31-46-97(90(98)68-113)116-95-44-28-24-40-84(95)85-41-25-29-45-96(85)116/h16-67H,1-15H3/i22D,23D,26D,27D,38D,39D,42D,43D. The van der Waals surface area contributed by atoms with Crippen molar-refractivity contribution < 1.29 is 11.0 Å². The number of anilines is 6. The Labute approximate surface area is 705 Å². The molecule has 0 spiro atoms. The van der Waals surface area contributed by atoms with Crippen LogP contribution in [0.2, 0.25) is 0 Å². The van der Waals surface area contributed by atoms with E-state index in [0.717, 1.165) is 139 Å². The third-order valence-corrected chi connectivity index (χ3v) is 24.8. The predicted molar refractivity (Wildman–Crippen MR) is 503 cm³/mol. The molecule has 0 saturated heterocycles. The van der Waals surface area contributed by atoms with Crippen LogP contribution in [0.5, 0.6) is 0 Å². The molecular formula is C111H97BN6. The molecule has 0 amide bonds. The number of rotatable bonds is 9. The van der Waals surface area contributed by atoms with Gasteiger partial charge in [-0.2, -0.15) is 5.26 Å². The van der Waals surface area contributed by atoms with E-state index in [9.17, 15) is 16.2 Å². The summed E-state index contributed by atoms with van der Waals surface area (Å²) in [4.78, 5) is 4.85. The summed E-state index contributed by atoms with van der Waals surface area (Å²) in [5, 5.41) is 17.0. The molecule has 0 atom stereocenters. The number of fused-ring (bicyclic) bond motifs is 13. The van der Waals surface area contributed by atoms with E-state index in [-0.39, 0.29) is 48.9 Å². The lowest BCUT2D eigenvalue weighted by Gasteiger charge is -2.46. The third kappa shape index (κ3) is 11.9. The lowest BCUT2D eigenvalue weighted by atomic mass is 9.33. The SMILES string of the molecule is [2H]c1c([2H])c([2H])c2c(c1[2H])c1c([2H])c([2H])c([2H])c([2H])c1n2-c1ccc2c(c1)N(c1cccc(-n3c4ccccc4c4ccccc43)c1C#N)c1cc(-n3c4ccc(C(C)(C)C)cc4c4cc(C(C)(C)C)ccc43)cc3c1B2c1ccc(-c2cc(C(C)(C)C)cc(C(C)(C)C)c2)cc1N3c1c(-c2ccccc2)cc(C(C)(C)C)cc1-c1cccc(-c2ccccc2)c1. The molecule has 2 aliphatic rings. The number of nitrogens with zero attached hydrogens (tertiary/aromatic N) is 6. The third-order valence-electron chi connectivity index (χ3n) is 24.8. The second-order valence-corrected chi connectivity index (χ2v) is 37.5. The zero-order valence-corrected chi connectivity index (χ0v) is 69.7. The van der Waals surface area contributed by atoms with Crippen LogP contribution < -0.4 is 26.2 Å². The van der Waals surface area contributed by atoms with E-state index in [1.54, 1.807) is 4.57 Å². The molecule has 2 aliphatic heterocycles. The highest BCUT2D eigenvalue weighted by Gasteiger charge is 2.46. The number of benzene rings is 15. The topological polar surface area (TPSA) is 45.1 Å². The van der Waals surface area contributed by atoms with Crippen LogP contribution in [0.15, 0.2) is 315 Å². The molecule has 15 aromatic carbocycles. The van der Waals surface area contributed by atoms with Gasteiger partial charge >= 0.3 is 0 Å². The molecule has 3 aromatic heterocycles. The first kappa shape index (κ1) is 65.1. The number of nitriles is 1. The van der Waals surface area contributed by atoms with Crippen molar-refractivity contribution in [2.24, 2.45) is 0 Å². The van der Waals surface area contributed by atoms with Crippen LogP contribution in [-0.4, -0.2) is 20.4 Å². The molecule has 0 saturated carbocycles.